The first kappa shape index (κ1) is 30.1. The summed E-state index contributed by atoms with van der Waals surface area (Å²) in [6.07, 6.45) is 7.53. The van der Waals surface area contributed by atoms with Crippen molar-refractivity contribution in [1.29, 1.82) is 0 Å². The van der Waals surface area contributed by atoms with E-state index in [1.807, 2.05) is 6.07 Å². The van der Waals surface area contributed by atoms with Crippen LogP contribution in [0.2, 0.25) is 0 Å². The van der Waals surface area contributed by atoms with Gasteiger partial charge in [0.15, 0.2) is 0 Å². The summed E-state index contributed by atoms with van der Waals surface area (Å²) in [5, 5.41) is 8.91. The van der Waals surface area contributed by atoms with Gasteiger partial charge in [-0.3, -0.25) is 4.79 Å². The van der Waals surface area contributed by atoms with E-state index >= 15 is 4.39 Å². The maximum Gasteiger partial charge on any atom is 0.303 e. The number of carbonyl (C=O) groups is 1. The maximum atomic E-state index is 15.3. The fraction of sp³-hybridized carbons (Fsp3) is 0.424. The van der Waals surface area contributed by atoms with Crippen molar-refractivity contribution >= 4 is 5.97 Å². The largest absolute Gasteiger partial charge is 0.497 e. The first-order valence-corrected chi connectivity index (χ1v) is 13.7. The number of ether oxygens (including phenoxy) is 2. The van der Waals surface area contributed by atoms with E-state index in [0.717, 1.165) is 24.0 Å². The fourth-order valence-corrected chi connectivity index (χ4v) is 4.50. The molecule has 0 bridgehead atoms. The number of benzene rings is 3. The summed E-state index contributed by atoms with van der Waals surface area (Å²) in [6.45, 7) is 6.43. The Bertz CT molecular complexity index is 1250. The molecule has 0 radical (unpaired) electrons. The normalized spacial score (nSPS) is 12.4. The molecule has 1 aliphatic rings. The number of halogens is 2. The molecule has 3 aromatic rings. The molecule has 4 nitrogen and oxygen atoms in total. The van der Waals surface area contributed by atoms with Crippen molar-refractivity contribution in [3.8, 4) is 22.6 Å². The lowest BCUT2D eigenvalue weighted by molar-refractivity contribution is -0.136. The summed E-state index contributed by atoms with van der Waals surface area (Å²) >= 11 is 0. The van der Waals surface area contributed by atoms with Crippen LogP contribution in [0.15, 0.2) is 54.6 Å². The molecular weight excluding hydrogens is 498 g/mol. The standard InChI is InChI=1S/C30H34F2O4.C3H6/c1-5-13-30(2,3)18-21-15-22(19-36-24-8-6-7-20(14-24)9-12-29(33)34)28(32)17-25(21)26-16-23(35-4)10-11-27(26)31;1-2-3-1/h6-8,10-11,14-17H,5,9,12-13,18-19H2,1-4H3,(H,33,34);1-3H2. The summed E-state index contributed by atoms with van der Waals surface area (Å²) in [5.41, 5.74) is 2.80. The number of aryl methyl sites for hydroxylation is 1. The predicted molar refractivity (Wildman–Crippen MR) is 151 cm³/mol. The van der Waals surface area contributed by atoms with Crippen LogP contribution in [0.5, 0.6) is 11.5 Å². The Balaban J connectivity index is 0.00000131. The first-order chi connectivity index (χ1) is 18.6. The van der Waals surface area contributed by atoms with Crippen molar-refractivity contribution in [2.45, 2.75) is 78.7 Å². The molecule has 0 saturated heterocycles. The van der Waals surface area contributed by atoms with E-state index in [9.17, 15) is 9.18 Å². The molecule has 0 unspecified atom stereocenters. The Labute approximate surface area is 231 Å². The summed E-state index contributed by atoms with van der Waals surface area (Å²) in [7, 11) is 1.51. The third-order valence-corrected chi connectivity index (χ3v) is 6.61. The fourth-order valence-electron chi connectivity index (χ4n) is 4.50. The molecule has 0 spiro atoms. The highest BCUT2D eigenvalue weighted by Crippen LogP contribution is 2.37. The summed E-state index contributed by atoms with van der Waals surface area (Å²) in [4.78, 5) is 10.9. The second-order valence-electron chi connectivity index (χ2n) is 10.9. The SMILES string of the molecule is C1CC1.CCCC(C)(C)Cc1cc(COc2cccc(CCC(=O)O)c2)c(F)cc1-c1cc(OC)ccc1F. The topological polar surface area (TPSA) is 55.8 Å². The first-order valence-electron chi connectivity index (χ1n) is 13.7. The van der Waals surface area contributed by atoms with Gasteiger partial charge in [-0.15, -0.1) is 0 Å². The van der Waals surface area contributed by atoms with E-state index in [2.05, 4.69) is 20.8 Å². The van der Waals surface area contributed by atoms with Gasteiger partial charge in [-0.1, -0.05) is 58.6 Å². The van der Waals surface area contributed by atoms with Gasteiger partial charge in [0, 0.05) is 17.5 Å². The van der Waals surface area contributed by atoms with Crippen LogP contribution < -0.4 is 9.47 Å². The van der Waals surface area contributed by atoms with Gasteiger partial charge in [-0.2, -0.15) is 0 Å². The highest BCUT2D eigenvalue weighted by Gasteiger charge is 2.23. The third kappa shape index (κ3) is 9.68. The molecule has 0 aliphatic heterocycles. The zero-order valence-electron chi connectivity index (χ0n) is 23.5. The van der Waals surface area contributed by atoms with E-state index in [1.165, 1.54) is 38.5 Å². The lowest BCUT2D eigenvalue weighted by atomic mass is 9.79. The number of hydrogen-bond acceptors (Lipinski definition) is 3. The van der Waals surface area contributed by atoms with Crippen molar-refractivity contribution in [3.63, 3.8) is 0 Å². The molecule has 4 rings (SSSR count). The Hall–Kier alpha value is -3.41. The Morgan fingerprint density at radius 3 is 2.31 bits per heavy atom. The van der Waals surface area contributed by atoms with Crippen molar-refractivity contribution < 1.29 is 28.2 Å². The minimum atomic E-state index is -0.866. The molecule has 0 atom stereocenters. The van der Waals surface area contributed by atoms with Crippen LogP contribution in [0.1, 0.15) is 76.0 Å². The van der Waals surface area contributed by atoms with Crippen LogP contribution in [0.3, 0.4) is 0 Å². The Morgan fingerprint density at radius 1 is 0.923 bits per heavy atom. The molecule has 1 aliphatic carbocycles. The van der Waals surface area contributed by atoms with Gasteiger partial charge in [0.25, 0.3) is 0 Å². The summed E-state index contributed by atoms with van der Waals surface area (Å²) < 4.78 is 41.3. The number of aliphatic carboxylic acids is 1. The lowest BCUT2D eigenvalue weighted by Gasteiger charge is -2.26. The second-order valence-corrected chi connectivity index (χ2v) is 10.9. The molecule has 1 N–H and O–H groups in total. The molecule has 6 heteroatoms. The van der Waals surface area contributed by atoms with Gasteiger partial charge in [-0.05, 0) is 83.8 Å². The average Bonchev–Trinajstić information content (AvgIpc) is 3.78. The van der Waals surface area contributed by atoms with Crippen LogP contribution in [-0.2, 0) is 24.2 Å². The molecule has 0 aromatic heterocycles. The maximum absolute atomic E-state index is 15.3. The second kappa shape index (κ2) is 14.1. The number of hydrogen-bond donors (Lipinski definition) is 1. The van der Waals surface area contributed by atoms with E-state index in [4.69, 9.17) is 14.6 Å². The molecule has 39 heavy (non-hydrogen) atoms. The van der Waals surface area contributed by atoms with Crippen LogP contribution in [-0.4, -0.2) is 18.2 Å². The van der Waals surface area contributed by atoms with Gasteiger partial charge in [0.05, 0.1) is 7.11 Å². The van der Waals surface area contributed by atoms with Crippen LogP contribution in [0, 0.1) is 17.0 Å². The molecule has 0 heterocycles. The summed E-state index contributed by atoms with van der Waals surface area (Å²) in [5.74, 6) is -0.749. The van der Waals surface area contributed by atoms with Gasteiger partial charge < -0.3 is 14.6 Å². The average molecular weight is 539 g/mol. The van der Waals surface area contributed by atoms with Gasteiger partial charge in [0.2, 0.25) is 0 Å². The molecular formula is C33H40F2O4. The highest BCUT2D eigenvalue weighted by atomic mass is 19.1. The Kier molecular flexibility index (Phi) is 10.9. The van der Waals surface area contributed by atoms with E-state index in [1.54, 1.807) is 36.4 Å². The van der Waals surface area contributed by atoms with Crippen molar-refractivity contribution in [3.05, 3.63) is 82.9 Å². The zero-order valence-corrected chi connectivity index (χ0v) is 23.5. The monoisotopic (exact) mass is 538 g/mol. The van der Waals surface area contributed by atoms with E-state index in [-0.39, 0.29) is 18.4 Å². The minimum absolute atomic E-state index is 0.00367. The highest BCUT2D eigenvalue weighted by molar-refractivity contribution is 5.70. The van der Waals surface area contributed by atoms with E-state index in [0.29, 0.717) is 41.0 Å². The number of rotatable bonds is 12. The molecule has 1 saturated carbocycles. The Morgan fingerprint density at radius 2 is 1.67 bits per heavy atom. The molecule has 3 aromatic carbocycles. The zero-order chi connectivity index (χ0) is 28.4. The van der Waals surface area contributed by atoms with Crippen LogP contribution in [0.25, 0.3) is 11.1 Å². The molecule has 210 valence electrons. The van der Waals surface area contributed by atoms with Crippen molar-refractivity contribution in [2.24, 2.45) is 5.41 Å². The van der Waals surface area contributed by atoms with E-state index < -0.39 is 17.6 Å². The number of methoxy groups -OCH3 is 1. The predicted octanol–water partition coefficient (Wildman–Crippen LogP) is 8.78. The van der Waals surface area contributed by atoms with Crippen molar-refractivity contribution in [1.82, 2.24) is 0 Å². The number of carboxylic acids is 1. The lowest BCUT2D eigenvalue weighted by Crippen LogP contribution is -2.16. The third-order valence-electron chi connectivity index (χ3n) is 6.61. The van der Waals surface area contributed by atoms with Gasteiger partial charge in [0.1, 0.15) is 29.7 Å². The quantitative estimate of drug-likeness (QED) is 0.250. The number of carboxylic acid groups (broad SMARTS) is 1. The van der Waals surface area contributed by atoms with Crippen molar-refractivity contribution in [2.75, 3.05) is 7.11 Å². The van der Waals surface area contributed by atoms with Gasteiger partial charge in [-0.25, -0.2) is 8.78 Å². The van der Waals surface area contributed by atoms with Gasteiger partial charge >= 0.3 is 5.97 Å². The minimum Gasteiger partial charge on any atom is -0.497 e. The molecule has 1 fully saturated rings. The smallest absolute Gasteiger partial charge is 0.303 e. The van der Waals surface area contributed by atoms with Crippen LogP contribution in [0.4, 0.5) is 8.78 Å². The summed E-state index contributed by atoms with van der Waals surface area (Å²) in [6, 6.07) is 14.8. The van der Waals surface area contributed by atoms with Crippen LogP contribution >= 0.6 is 0 Å². The molecule has 0 amide bonds.